The van der Waals surface area contributed by atoms with Crippen LogP contribution in [0.15, 0.2) is 5.10 Å². The number of hydrogen-bond acceptors (Lipinski definition) is 3. The molecule has 0 radical (unpaired) electrons. The first-order valence-electron chi connectivity index (χ1n) is 4.58. The van der Waals surface area contributed by atoms with E-state index in [1.807, 2.05) is 18.5 Å². The molecule has 4 N–H and O–H groups in total. The van der Waals surface area contributed by atoms with E-state index in [0.29, 0.717) is 11.7 Å². The summed E-state index contributed by atoms with van der Waals surface area (Å²) >= 11 is 0. The van der Waals surface area contributed by atoms with Crippen molar-refractivity contribution in [2.24, 2.45) is 16.7 Å². The quantitative estimate of drug-likeness (QED) is 0.315. The second-order valence-corrected chi connectivity index (χ2v) is 3.61. The summed E-state index contributed by atoms with van der Waals surface area (Å²) < 4.78 is 1.92. The van der Waals surface area contributed by atoms with Crippen LogP contribution in [0.3, 0.4) is 0 Å². The Hall–Kier alpha value is -1.52. The molecule has 0 aliphatic heterocycles. The number of rotatable bonds is 2. The van der Waals surface area contributed by atoms with Gasteiger partial charge in [-0.1, -0.05) is 0 Å². The summed E-state index contributed by atoms with van der Waals surface area (Å²) in [7, 11) is 0. The van der Waals surface area contributed by atoms with Crippen LogP contribution in [-0.4, -0.2) is 15.6 Å². The fraction of sp³-hybridized carbons (Fsp3) is 0.556. The second-order valence-electron chi connectivity index (χ2n) is 3.61. The third-order valence-electron chi connectivity index (χ3n) is 2.32. The van der Waals surface area contributed by atoms with E-state index in [1.54, 1.807) is 0 Å². The zero-order valence-electron chi connectivity index (χ0n) is 9.07. The molecule has 14 heavy (non-hydrogen) atoms. The van der Waals surface area contributed by atoms with Crippen molar-refractivity contribution in [3.8, 4) is 0 Å². The third kappa shape index (κ3) is 1.57. The molecule has 0 aromatic carbocycles. The zero-order valence-corrected chi connectivity index (χ0v) is 9.07. The first-order chi connectivity index (χ1) is 6.49. The number of nitrogens with zero attached hydrogens (tertiary/aromatic N) is 3. The molecule has 5 heteroatoms. The van der Waals surface area contributed by atoms with Gasteiger partial charge in [0, 0.05) is 17.3 Å². The van der Waals surface area contributed by atoms with Crippen LogP contribution < -0.4 is 11.6 Å². The van der Waals surface area contributed by atoms with Gasteiger partial charge in [-0.3, -0.25) is 4.68 Å². The minimum Gasteiger partial charge on any atom is -0.380 e. The van der Waals surface area contributed by atoms with E-state index in [2.05, 4.69) is 24.0 Å². The Morgan fingerprint density at radius 2 is 2.00 bits per heavy atom. The van der Waals surface area contributed by atoms with Crippen LogP contribution >= 0.6 is 0 Å². The van der Waals surface area contributed by atoms with Crippen molar-refractivity contribution in [2.75, 3.05) is 0 Å². The third-order valence-corrected chi connectivity index (χ3v) is 2.32. The van der Waals surface area contributed by atoms with Gasteiger partial charge >= 0.3 is 0 Å². The minimum atomic E-state index is 0.282. The van der Waals surface area contributed by atoms with Gasteiger partial charge in [0.05, 0.1) is 0 Å². The van der Waals surface area contributed by atoms with E-state index in [9.17, 15) is 0 Å². The van der Waals surface area contributed by atoms with Gasteiger partial charge in [0.25, 0.3) is 0 Å². The molecule has 0 aliphatic carbocycles. The van der Waals surface area contributed by atoms with Gasteiger partial charge in [0.2, 0.25) is 0 Å². The fourth-order valence-electron chi connectivity index (χ4n) is 1.41. The standard InChI is InChI=1S/C9H17N5/c1-5(2)14-7(4)6(3)8(13-14)9(10)12-11/h5H,11H2,1-4H3,(H2,10,12). The summed E-state index contributed by atoms with van der Waals surface area (Å²) in [4.78, 5) is 0. The summed E-state index contributed by atoms with van der Waals surface area (Å²) in [5, 5.41) is 7.81. The lowest BCUT2D eigenvalue weighted by molar-refractivity contribution is 0.518. The molecule has 1 aromatic rings. The van der Waals surface area contributed by atoms with Crippen LogP contribution in [0.1, 0.15) is 36.8 Å². The fourth-order valence-corrected chi connectivity index (χ4v) is 1.41. The lowest BCUT2D eigenvalue weighted by Crippen LogP contribution is -2.17. The van der Waals surface area contributed by atoms with Crippen molar-refractivity contribution in [3.05, 3.63) is 17.0 Å². The summed E-state index contributed by atoms with van der Waals surface area (Å²) in [6.45, 7) is 8.11. The van der Waals surface area contributed by atoms with Gasteiger partial charge < -0.3 is 11.6 Å². The second kappa shape index (κ2) is 3.69. The summed E-state index contributed by atoms with van der Waals surface area (Å²) in [5.41, 5.74) is 8.44. The van der Waals surface area contributed by atoms with Gasteiger partial charge in [0.1, 0.15) is 5.69 Å². The molecule has 0 spiro atoms. The van der Waals surface area contributed by atoms with Crippen LogP contribution in [-0.2, 0) is 0 Å². The Morgan fingerprint density at radius 3 is 2.36 bits per heavy atom. The summed E-state index contributed by atoms with van der Waals surface area (Å²) in [6, 6.07) is 0.313. The maximum atomic E-state index is 5.63. The van der Waals surface area contributed by atoms with Crippen LogP contribution in [0.2, 0.25) is 0 Å². The molecule has 0 aliphatic rings. The molecule has 5 nitrogen and oxygen atoms in total. The monoisotopic (exact) mass is 195 g/mol. The number of aromatic nitrogens is 2. The maximum Gasteiger partial charge on any atom is 0.171 e. The number of amidine groups is 1. The highest BCUT2D eigenvalue weighted by atomic mass is 15.3. The molecule has 0 saturated carbocycles. The van der Waals surface area contributed by atoms with Crippen LogP contribution in [0.25, 0.3) is 0 Å². The minimum absolute atomic E-state index is 0.282. The number of nitrogens with two attached hydrogens (primary N) is 2. The molecule has 0 unspecified atom stereocenters. The van der Waals surface area contributed by atoms with Gasteiger partial charge in [-0.25, -0.2) is 0 Å². The van der Waals surface area contributed by atoms with Gasteiger partial charge in [-0.15, -0.1) is 0 Å². The number of hydrazone groups is 1. The average Bonchev–Trinajstić information content (AvgIpc) is 2.43. The Bertz CT molecular complexity index is 362. The highest BCUT2D eigenvalue weighted by molar-refractivity contribution is 5.96. The van der Waals surface area contributed by atoms with Gasteiger partial charge in [-0.05, 0) is 27.7 Å². The van der Waals surface area contributed by atoms with Gasteiger partial charge in [-0.2, -0.15) is 10.2 Å². The predicted octanol–water partition coefficient (Wildman–Crippen LogP) is 0.660. The largest absolute Gasteiger partial charge is 0.380 e. The van der Waals surface area contributed by atoms with Crippen molar-refractivity contribution in [1.82, 2.24) is 9.78 Å². The van der Waals surface area contributed by atoms with Crippen LogP contribution in [0, 0.1) is 13.8 Å². The Kier molecular flexibility index (Phi) is 2.78. The molecule has 78 valence electrons. The molecule has 1 aromatic heterocycles. The molecule has 0 atom stereocenters. The lowest BCUT2D eigenvalue weighted by Gasteiger charge is -2.07. The van der Waals surface area contributed by atoms with E-state index in [0.717, 1.165) is 11.3 Å². The summed E-state index contributed by atoms with van der Waals surface area (Å²) in [5.74, 6) is 5.40. The Balaban J connectivity index is 3.29. The molecule has 0 amide bonds. The molecular formula is C9H17N5. The van der Waals surface area contributed by atoms with Crippen molar-refractivity contribution >= 4 is 5.84 Å². The number of hydrogen-bond donors (Lipinski definition) is 2. The first kappa shape index (κ1) is 10.6. The lowest BCUT2D eigenvalue weighted by atomic mass is 10.2. The molecule has 1 rings (SSSR count). The first-order valence-corrected chi connectivity index (χ1v) is 4.58. The normalized spacial score (nSPS) is 12.5. The van der Waals surface area contributed by atoms with Crippen molar-refractivity contribution < 1.29 is 0 Å². The molecular weight excluding hydrogens is 178 g/mol. The molecule has 0 fully saturated rings. The Morgan fingerprint density at radius 1 is 1.43 bits per heavy atom. The average molecular weight is 195 g/mol. The van der Waals surface area contributed by atoms with E-state index >= 15 is 0 Å². The predicted molar refractivity (Wildman–Crippen MR) is 57.0 cm³/mol. The van der Waals surface area contributed by atoms with Crippen molar-refractivity contribution in [2.45, 2.75) is 33.7 Å². The van der Waals surface area contributed by atoms with Crippen molar-refractivity contribution in [1.29, 1.82) is 0 Å². The van der Waals surface area contributed by atoms with E-state index in [4.69, 9.17) is 11.6 Å². The van der Waals surface area contributed by atoms with E-state index in [-0.39, 0.29) is 5.84 Å². The highest BCUT2D eigenvalue weighted by Gasteiger charge is 2.14. The van der Waals surface area contributed by atoms with E-state index < -0.39 is 0 Å². The molecule has 0 saturated heterocycles. The van der Waals surface area contributed by atoms with Crippen molar-refractivity contribution in [3.63, 3.8) is 0 Å². The smallest absolute Gasteiger partial charge is 0.171 e. The van der Waals surface area contributed by atoms with Gasteiger partial charge in [0.15, 0.2) is 5.84 Å². The Labute approximate surface area is 83.8 Å². The highest BCUT2D eigenvalue weighted by Crippen LogP contribution is 2.15. The summed E-state index contributed by atoms with van der Waals surface area (Å²) in [6.07, 6.45) is 0. The zero-order chi connectivity index (χ0) is 10.9. The molecule has 1 heterocycles. The molecule has 0 bridgehead atoms. The topological polar surface area (TPSA) is 82.2 Å². The SMILES string of the molecule is Cc1c(C(N)=NN)nn(C(C)C)c1C. The maximum absolute atomic E-state index is 5.63. The van der Waals surface area contributed by atoms with Crippen LogP contribution in [0.5, 0.6) is 0 Å². The van der Waals surface area contributed by atoms with E-state index in [1.165, 1.54) is 0 Å². The van der Waals surface area contributed by atoms with Crippen LogP contribution in [0.4, 0.5) is 0 Å².